The summed E-state index contributed by atoms with van der Waals surface area (Å²) in [5.74, 6) is 0.367. The summed E-state index contributed by atoms with van der Waals surface area (Å²) in [5.41, 5.74) is 2.12. The van der Waals surface area contributed by atoms with E-state index in [9.17, 15) is 4.79 Å². The van der Waals surface area contributed by atoms with Crippen LogP contribution in [-0.4, -0.2) is 28.0 Å². The van der Waals surface area contributed by atoms with E-state index in [1.807, 2.05) is 0 Å². The quantitative estimate of drug-likeness (QED) is 0.650. The predicted octanol–water partition coefficient (Wildman–Crippen LogP) is 0.621. The summed E-state index contributed by atoms with van der Waals surface area (Å²) in [5, 5.41) is 12.4. The van der Waals surface area contributed by atoms with E-state index >= 15 is 0 Å². The fourth-order valence-corrected chi connectivity index (χ4v) is 1.60. The highest BCUT2D eigenvalue weighted by atomic mass is 35.5. The van der Waals surface area contributed by atoms with Gasteiger partial charge in [0, 0.05) is 30.8 Å². The maximum Gasteiger partial charge on any atom is 0.243 e. The highest BCUT2D eigenvalue weighted by Crippen LogP contribution is 2.19. The average Bonchev–Trinajstić information content (AvgIpc) is 2.62. The molecule has 0 saturated carbocycles. The third-order valence-electron chi connectivity index (χ3n) is 2.41. The standard InChI is InChI=1S/C9H13ClN4O/c1-5(10)9(15)12-8-6-4-11-3-2-7(6)13-14-8/h5,11H,2-4H2,1H3,(H2,12,13,14,15). The molecule has 0 aromatic carbocycles. The normalized spacial score (nSPS) is 16.9. The molecule has 6 heteroatoms. The molecule has 1 aromatic rings. The lowest BCUT2D eigenvalue weighted by molar-refractivity contribution is -0.115. The Hall–Kier alpha value is -1.07. The van der Waals surface area contributed by atoms with Crippen molar-refractivity contribution in [2.24, 2.45) is 0 Å². The first-order valence-electron chi connectivity index (χ1n) is 4.90. The summed E-state index contributed by atoms with van der Waals surface area (Å²) < 4.78 is 0. The number of halogens is 1. The predicted molar refractivity (Wildman–Crippen MR) is 57.9 cm³/mol. The molecular formula is C9H13ClN4O. The molecule has 1 aromatic heterocycles. The Balaban J connectivity index is 2.15. The fraction of sp³-hybridized carbons (Fsp3) is 0.556. The Morgan fingerprint density at radius 2 is 2.47 bits per heavy atom. The number of carbonyl (C=O) groups excluding carboxylic acids is 1. The highest BCUT2D eigenvalue weighted by molar-refractivity contribution is 6.32. The second-order valence-corrected chi connectivity index (χ2v) is 4.22. The van der Waals surface area contributed by atoms with Crippen LogP contribution in [0.5, 0.6) is 0 Å². The van der Waals surface area contributed by atoms with E-state index in [2.05, 4.69) is 20.8 Å². The first-order chi connectivity index (χ1) is 7.18. The number of aromatic amines is 1. The number of anilines is 1. The van der Waals surface area contributed by atoms with Crippen LogP contribution < -0.4 is 10.6 Å². The van der Waals surface area contributed by atoms with E-state index in [1.54, 1.807) is 6.92 Å². The van der Waals surface area contributed by atoms with Crippen LogP contribution in [0, 0.1) is 0 Å². The Morgan fingerprint density at radius 3 is 3.20 bits per heavy atom. The number of rotatable bonds is 2. The molecule has 0 radical (unpaired) electrons. The van der Waals surface area contributed by atoms with Crippen LogP contribution in [0.3, 0.4) is 0 Å². The number of H-pyrrole nitrogens is 1. The third-order valence-corrected chi connectivity index (χ3v) is 2.61. The first-order valence-corrected chi connectivity index (χ1v) is 5.34. The monoisotopic (exact) mass is 228 g/mol. The lowest BCUT2D eigenvalue weighted by atomic mass is 10.1. The van der Waals surface area contributed by atoms with Gasteiger partial charge in [-0.25, -0.2) is 0 Å². The van der Waals surface area contributed by atoms with Crippen LogP contribution in [0.1, 0.15) is 18.2 Å². The topological polar surface area (TPSA) is 69.8 Å². The second kappa shape index (κ2) is 4.20. The van der Waals surface area contributed by atoms with E-state index in [4.69, 9.17) is 11.6 Å². The van der Waals surface area contributed by atoms with Crippen molar-refractivity contribution in [3.8, 4) is 0 Å². The molecule has 1 aliphatic heterocycles. The number of fused-ring (bicyclic) bond motifs is 1. The van der Waals surface area contributed by atoms with Crippen molar-refractivity contribution in [3.63, 3.8) is 0 Å². The van der Waals surface area contributed by atoms with Crippen molar-refractivity contribution in [1.82, 2.24) is 15.5 Å². The van der Waals surface area contributed by atoms with Gasteiger partial charge < -0.3 is 10.6 Å². The molecule has 1 aliphatic rings. The number of nitrogens with one attached hydrogen (secondary N) is 3. The maximum atomic E-state index is 11.4. The van der Waals surface area contributed by atoms with Crippen LogP contribution in [0.25, 0.3) is 0 Å². The van der Waals surface area contributed by atoms with Crippen LogP contribution >= 0.6 is 11.6 Å². The molecule has 82 valence electrons. The zero-order valence-corrected chi connectivity index (χ0v) is 9.19. The maximum absolute atomic E-state index is 11.4. The number of hydrogen-bond acceptors (Lipinski definition) is 3. The molecule has 1 amide bonds. The van der Waals surface area contributed by atoms with Crippen molar-refractivity contribution in [2.75, 3.05) is 11.9 Å². The molecule has 0 bridgehead atoms. The van der Waals surface area contributed by atoms with Gasteiger partial charge in [-0.15, -0.1) is 11.6 Å². The molecule has 3 N–H and O–H groups in total. The SMILES string of the molecule is CC(Cl)C(=O)Nc1n[nH]c2c1CNCC2. The van der Waals surface area contributed by atoms with E-state index < -0.39 is 5.38 Å². The summed E-state index contributed by atoms with van der Waals surface area (Å²) in [6.07, 6.45) is 0.911. The number of hydrogen-bond donors (Lipinski definition) is 3. The zero-order valence-electron chi connectivity index (χ0n) is 8.43. The minimum Gasteiger partial charge on any atom is -0.312 e. The Morgan fingerprint density at radius 1 is 1.67 bits per heavy atom. The van der Waals surface area contributed by atoms with Crippen molar-refractivity contribution in [3.05, 3.63) is 11.3 Å². The molecule has 1 unspecified atom stereocenters. The fourth-order valence-electron chi connectivity index (χ4n) is 1.54. The van der Waals surface area contributed by atoms with E-state index in [-0.39, 0.29) is 5.91 Å². The molecule has 1 atom stereocenters. The molecule has 2 heterocycles. The Kier molecular flexibility index (Phi) is 2.93. The van der Waals surface area contributed by atoms with Crippen molar-refractivity contribution < 1.29 is 4.79 Å². The lowest BCUT2D eigenvalue weighted by Crippen LogP contribution is -2.25. The summed E-state index contributed by atoms with van der Waals surface area (Å²) in [7, 11) is 0. The lowest BCUT2D eigenvalue weighted by Gasteiger charge is -2.13. The Labute approximate surface area is 92.6 Å². The second-order valence-electron chi connectivity index (χ2n) is 3.56. The van der Waals surface area contributed by atoms with E-state index in [1.165, 1.54) is 0 Å². The van der Waals surface area contributed by atoms with E-state index in [0.29, 0.717) is 5.82 Å². The number of aromatic nitrogens is 2. The molecule has 2 rings (SSSR count). The molecule has 0 saturated heterocycles. The van der Waals surface area contributed by atoms with E-state index in [0.717, 1.165) is 30.8 Å². The van der Waals surface area contributed by atoms with Crippen LogP contribution in [0.2, 0.25) is 0 Å². The highest BCUT2D eigenvalue weighted by Gasteiger charge is 2.19. The van der Waals surface area contributed by atoms with Gasteiger partial charge in [-0.1, -0.05) is 0 Å². The number of nitrogens with zero attached hydrogens (tertiary/aromatic N) is 1. The third kappa shape index (κ3) is 2.13. The zero-order chi connectivity index (χ0) is 10.8. The first kappa shape index (κ1) is 10.4. The van der Waals surface area contributed by atoms with Crippen molar-refractivity contribution in [1.29, 1.82) is 0 Å². The van der Waals surface area contributed by atoms with Gasteiger partial charge >= 0.3 is 0 Å². The molecule has 15 heavy (non-hydrogen) atoms. The largest absolute Gasteiger partial charge is 0.312 e. The number of carbonyl (C=O) groups is 1. The van der Waals surface area contributed by atoms with Gasteiger partial charge in [0.2, 0.25) is 5.91 Å². The summed E-state index contributed by atoms with van der Waals surface area (Å²) in [4.78, 5) is 11.4. The number of amides is 1. The number of alkyl halides is 1. The minimum absolute atomic E-state index is 0.225. The van der Waals surface area contributed by atoms with Crippen LogP contribution in [0.15, 0.2) is 0 Å². The van der Waals surface area contributed by atoms with Crippen LogP contribution in [-0.2, 0) is 17.8 Å². The minimum atomic E-state index is -0.547. The summed E-state index contributed by atoms with van der Waals surface area (Å²) in [6, 6.07) is 0. The summed E-state index contributed by atoms with van der Waals surface area (Å²) >= 11 is 5.66. The van der Waals surface area contributed by atoms with Crippen molar-refractivity contribution in [2.45, 2.75) is 25.3 Å². The van der Waals surface area contributed by atoms with Gasteiger partial charge in [-0.3, -0.25) is 9.89 Å². The van der Waals surface area contributed by atoms with Gasteiger partial charge in [-0.05, 0) is 6.92 Å². The van der Waals surface area contributed by atoms with Crippen molar-refractivity contribution >= 4 is 23.3 Å². The van der Waals surface area contributed by atoms with Gasteiger partial charge in [0.05, 0.1) is 0 Å². The van der Waals surface area contributed by atoms with Gasteiger partial charge in [0.25, 0.3) is 0 Å². The smallest absolute Gasteiger partial charge is 0.243 e. The molecular weight excluding hydrogens is 216 g/mol. The average molecular weight is 229 g/mol. The van der Waals surface area contributed by atoms with Gasteiger partial charge in [0.15, 0.2) is 5.82 Å². The van der Waals surface area contributed by atoms with Crippen LogP contribution in [0.4, 0.5) is 5.82 Å². The molecule has 0 aliphatic carbocycles. The molecule has 0 spiro atoms. The molecule has 0 fully saturated rings. The summed E-state index contributed by atoms with van der Waals surface area (Å²) in [6.45, 7) is 3.31. The Bertz CT molecular complexity index is 374. The molecule has 5 nitrogen and oxygen atoms in total. The van der Waals surface area contributed by atoms with Gasteiger partial charge in [0.1, 0.15) is 5.38 Å². The van der Waals surface area contributed by atoms with Gasteiger partial charge in [-0.2, -0.15) is 5.10 Å².